The van der Waals surface area contributed by atoms with Crippen molar-refractivity contribution in [2.75, 3.05) is 0 Å². The van der Waals surface area contributed by atoms with Gasteiger partial charge in [-0.15, -0.1) is 0 Å². The molecule has 1 saturated carbocycles. The van der Waals surface area contributed by atoms with Gasteiger partial charge in [-0.3, -0.25) is 14.9 Å². The van der Waals surface area contributed by atoms with Crippen molar-refractivity contribution in [2.45, 2.75) is 44.4 Å². The van der Waals surface area contributed by atoms with Crippen LogP contribution < -0.4 is 5.32 Å². The molecule has 1 saturated heterocycles. The average Bonchev–Trinajstić information content (AvgIpc) is 3.22. The lowest BCUT2D eigenvalue weighted by Crippen LogP contribution is -2.44. The Bertz CT molecular complexity index is 519. The van der Waals surface area contributed by atoms with E-state index >= 15 is 0 Å². The van der Waals surface area contributed by atoms with Crippen LogP contribution in [0.3, 0.4) is 0 Å². The molecule has 1 aromatic carbocycles. The Morgan fingerprint density at radius 1 is 1.21 bits per heavy atom. The summed E-state index contributed by atoms with van der Waals surface area (Å²) in [4.78, 5) is 23.5. The van der Waals surface area contributed by atoms with E-state index in [1.54, 1.807) is 0 Å². The predicted octanol–water partition coefficient (Wildman–Crippen LogP) is 2.72. The number of nitrogens with one attached hydrogen (secondary N) is 1. The van der Waals surface area contributed by atoms with Crippen molar-refractivity contribution >= 4 is 11.8 Å². The Balaban J connectivity index is 1.91. The largest absolute Gasteiger partial charge is 0.296 e. The van der Waals surface area contributed by atoms with Crippen LogP contribution in [0.4, 0.5) is 0 Å². The minimum atomic E-state index is -0.142. The maximum Gasteiger partial charge on any atom is 0.230 e. The second kappa shape index (κ2) is 4.80. The van der Waals surface area contributed by atoms with Crippen molar-refractivity contribution in [2.24, 2.45) is 5.92 Å². The Morgan fingerprint density at radius 3 is 2.63 bits per heavy atom. The minimum absolute atomic E-state index is 0.0462. The lowest BCUT2D eigenvalue weighted by Gasteiger charge is -2.29. The van der Waals surface area contributed by atoms with Gasteiger partial charge in [0.25, 0.3) is 0 Å². The number of carbonyl (C=O) groups is 2. The van der Waals surface area contributed by atoms with Crippen LogP contribution in [0.1, 0.15) is 55.6 Å². The summed E-state index contributed by atoms with van der Waals surface area (Å²) in [5.74, 6) is 0.419. The summed E-state index contributed by atoms with van der Waals surface area (Å²) in [6, 6.07) is 8.49. The minimum Gasteiger partial charge on any atom is -0.296 e. The molecular formula is C16H19NO2. The van der Waals surface area contributed by atoms with Gasteiger partial charge in [0.15, 0.2) is 0 Å². The number of carbonyl (C=O) groups excluding carboxylic acids is 2. The van der Waals surface area contributed by atoms with Gasteiger partial charge >= 0.3 is 0 Å². The normalized spacial score (nSPS) is 27.2. The van der Waals surface area contributed by atoms with Crippen LogP contribution in [0.25, 0.3) is 0 Å². The molecule has 2 unspecified atom stereocenters. The third kappa shape index (κ3) is 2.42. The number of rotatable bonds is 3. The third-order valence-electron chi connectivity index (χ3n) is 4.32. The van der Waals surface area contributed by atoms with E-state index in [0.29, 0.717) is 12.3 Å². The third-order valence-corrected chi connectivity index (χ3v) is 4.32. The van der Waals surface area contributed by atoms with Gasteiger partial charge in [-0.1, -0.05) is 31.2 Å². The molecule has 19 heavy (non-hydrogen) atoms. The lowest BCUT2D eigenvalue weighted by molar-refractivity contribution is -0.137. The first-order chi connectivity index (χ1) is 9.19. The molecule has 2 aliphatic rings. The average molecular weight is 257 g/mol. The highest BCUT2D eigenvalue weighted by Gasteiger charge is 2.36. The SMILES string of the molecule is CCC1C(=O)NC(=O)CC1c1cccc(C2CC2)c1. The van der Waals surface area contributed by atoms with Gasteiger partial charge in [-0.25, -0.2) is 0 Å². The number of hydrogen-bond acceptors (Lipinski definition) is 2. The fraction of sp³-hybridized carbons (Fsp3) is 0.500. The summed E-state index contributed by atoms with van der Waals surface area (Å²) in [6.07, 6.45) is 3.74. The molecule has 0 bridgehead atoms. The zero-order chi connectivity index (χ0) is 13.4. The Hall–Kier alpha value is -1.64. The first-order valence-electron chi connectivity index (χ1n) is 7.12. The van der Waals surface area contributed by atoms with E-state index in [0.717, 1.165) is 12.0 Å². The van der Waals surface area contributed by atoms with E-state index < -0.39 is 0 Å². The van der Waals surface area contributed by atoms with Crippen LogP contribution >= 0.6 is 0 Å². The van der Waals surface area contributed by atoms with E-state index in [4.69, 9.17) is 0 Å². The molecule has 2 fully saturated rings. The molecule has 1 aromatic rings. The zero-order valence-electron chi connectivity index (χ0n) is 11.2. The first kappa shape index (κ1) is 12.4. The summed E-state index contributed by atoms with van der Waals surface area (Å²) >= 11 is 0. The molecule has 0 aromatic heterocycles. The Labute approximate surface area is 113 Å². The van der Waals surface area contributed by atoms with E-state index in [1.807, 2.05) is 6.92 Å². The van der Waals surface area contributed by atoms with Crippen molar-refractivity contribution in [3.05, 3.63) is 35.4 Å². The number of benzene rings is 1. The molecule has 1 aliphatic carbocycles. The fourth-order valence-corrected chi connectivity index (χ4v) is 3.09. The second-order valence-corrected chi connectivity index (χ2v) is 5.68. The quantitative estimate of drug-likeness (QED) is 0.846. The van der Waals surface area contributed by atoms with Crippen molar-refractivity contribution in [1.82, 2.24) is 5.32 Å². The Morgan fingerprint density at radius 2 is 1.95 bits per heavy atom. The summed E-state index contributed by atoms with van der Waals surface area (Å²) in [7, 11) is 0. The molecule has 2 amide bonds. The van der Waals surface area contributed by atoms with Crippen molar-refractivity contribution < 1.29 is 9.59 Å². The predicted molar refractivity (Wildman–Crippen MR) is 72.7 cm³/mol. The van der Waals surface area contributed by atoms with Gasteiger partial charge in [0.2, 0.25) is 11.8 Å². The Kier molecular flexibility index (Phi) is 3.13. The van der Waals surface area contributed by atoms with E-state index in [9.17, 15) is 9.59 Å². The van der Waals surface area contributed by atoms with Gasteiger partial charge in [0.05, 0.1) is 0 Å². The molecule has 100 valence electrons. The van der Waals surface area contributed by atoms with E-state index in [2.05, 4.69) is 29.6 Å². The fourth-order valence-electron chi connectivity index (χ4n) is 3.09. The van der Waals surface area contributed by atoms with Gasteiger partial charge < -0.3 is 0 Å². The van der Waals surface area contributed by atoms with Crippen LogP contribution in [0.15, 0.2) is 24.3 Å². The maximum atomic E-state index is 11.9. The van der Waals surface area contributed by atoms with Crippen LogP contribution in [-0.2, 0) is 9.59 Å². The molecule has 0 spiro atoms. The van der Waals surface area contributed by atoms with Gasteiger partial charge in [0, 0.05) is 18.3 Å². The van der Waals surface area contributed by atoms with Crippen LogP contribution in [0.5, 0.6) is 0 Å². The molecule has 1 N–H and O–H groups in total. The topological polar surface area (TPSA) is 46.2 Å². The van der Waals surface area contributed by atoms with Crippen molar-refractivity contribution in [1.29, 1.82) is 0 Å². The number of imide groups is 1. The molecule has 3 rings (SSSR count). The summed E-state index contributed by atoms with van der Waals surface area (Å²) in [6.45, 7) is 2.01. The molecule has 0 radical (unpaired) electrons. The second-order valence-electron chi connectivity index (χ2n) is 5.68. The van der Waals surface area contributed by atoms with Crippen LogP contribution in [0.2, 0.25) is 0 Å². The van der Waals surface area contributed by atoms with Gasteiger partial charge in [0.1, 0.15) is 0 Å². The molecule has 2 atom stereocenters. The number of hydrogen-bond donors (Lipinski definition) is 1. The monoisotopic (exact) mass is 257 g/mol. The number of piperidine rings is 1. The summed E-state index contributed by atoms with van der Waals surface area (Å²) in [5.41, 5.74) is 2.52. The van der Waals surface area contributed by atoms with Crippen LogP contribution in [-0.4, -0.2) is 11.8 Å². The highest BCUT2D eigenvalue weighted by atomic mass is 16.2. The smallest absolute Gasteiger partial charge is 0.230 e. The molecule has 3 heteroatoms. The molecule has 1 aliphatic heterocycles. The molecular weight excluding hydrogens is 238 g/mol. The van der Waals surface area contributed by atoms with Crippen molar-refractivity contribution in [3.8, 4) is 0 Å². The van der Waals surface area contributed by atoms with E-state index in [-0.39, 0.29) is 23.7 Å². The first-order valence-corrected chi connectivity index (χ1v) is 7.12. The highest BCUT2D eigenvalue weighted by Crippen LogP contribution is 2.42. The van der Waals surface area contributed by atoms with Gasteiger partial charge in [-0.05, 0) is 36.3 Å². The van der Waals surface area contributed by atoms with Gasteiger partial charge in [-0.2, -0.15) is 0 Å². The molecule has 1 heterocycles. The van der Waals surface area contributed by atoms with Crippen LogP contribution in [0, 0.1) is 5.92 Å². The summed E-state index contributed by atoms with van der Waals surface area (Å²) < 4.78 is 0. The van der Waals surface area contributed by atoms with Crippen molar-refractivity contribution in [3.63, 3.8) is 0 Å². The zero-order valence-corrected chi connectivity index (χ0v) is 11.2. The highest BCUT2D eigenvalue weighted by molar-refractivity contribution is 5.99. The maximum absolute atomic E-state index is 11.9. The molecule has 3 nitrogen and oxygen atoms in total. The lowest BCUT2D eigenvalue weighted by atomic mass is 9.78. The number of amides is 2. The standard InChI is InChI=1S/C16H19NO2/c1-2-13-14(9-15(18)17-16(13)19)12-5-3-4-11(8-12)10-6-7-10/h3-5,8,10,13-14H,2,6-7,9H2,1H3,(H,17,18,19). The summed E-state index contributed by atoms with van der Waals surface area (Å²) in [5, 5.41) is 2.45. The van der Waals surface area contributed by atoms with E-state index in [1.165, 1.54) is 18.4 Å².